The second-order valence-corrected chi connectivity index (χ2v) is 5.18. The molecular weight excluding hydrogens is 222 g/mol. The zero-order valence-electron chi connectivity index (χ0n) is 10.3. The molecule has 2 unspecified atom stereocenters. The Labute approximate surface area is 104 Å². The van der Waals surface area contributed by atoms with Crippen molar-refractivity contribution in [3.63, 3.8) is 0 Å². The summed E-state index contributed by atoms with van der Waals surface area (Å²) >= 11 is 5.91. The summed E-state index contributed by atoms with van der Waals surface area (Å²) in [5.41, 5.74) is 0. The lowest BCUT2D eigenvalue weighted by Crippen LogP contribution is -2.31. The second kappa shape index (κ2) is 7.94. The van der Waals surface area contributed by atoms with Crippen LogP contribution in [0.15, 0.2) is 0 Å². The van der Waals surface area contributed by atoms with E-state index in [-0.39, 0.29) is 5.91 Å². The van der Waals surface area contributed by atoms with E-state index < -0.39 is 0 Å². The number of rotatable bonds is 7. The first-order valence-corrected chi connectivity index (χ1v) is 7.14. The van der Waals surface area contributed by atoms with Crippen molar-refractivity contribution in [3.05, 3.63) is 0 Å². The second-order valence-electron chi connectivity index (χ2n) is 4.87. The van der Waals surface area contributed by atoms with Crippen molar-refractivity contribution in [1.82, 2.24) is 5.32 Å². The van der Waals surface area contributed by atoms with Gasteiger partial charge in [-0.1, -0.05) is 26.2 Å². The van der Waals surface area contributed by atoms with Crippen LogP contribution in [-0.4, -0.2) is 18.3 Å². The van der Waals surface area contributed by atoms with Gasteiger partial charge < -0.3 is 5.32 Å². The molecule has 0 bridgehead atoms. The number of halogens is 1. The lowest BCUT2D eigenvalue weighted by atomic mass is 9.98. The molecule has 0 radical (unpaired) electrons. The molecule has 2 atom stereocenters. The highest BCUT2D eigenvalue weighted by Gasteiger charge is 2.26. The molecule has 0 saturated heterocycles. The maximum Gasteiger partial charge on any atom is 0.220 e. The monoisotopic (exact) mass is 245 g/mol. The van der Waals surface area contributed by atoms with Crippen LogP contribution in [0.3, 0.4) is 0 Å². The van der Waals surface area contributed by atoms with Gasteiger partial charge in [-0.3, -0.25) is 4.79 Å². The average Bonchev–Trinajstić information content (AvgIpc) is 2.74. The maximum absolute atomic E-state index is 11.5. The van der Waals surface area contributed by atoms with Crippen molar-refractivity contribution >= 4 is 17.5 Å². The molecule has 0 heterocycles. The number of amides is 1. The minimum atomic E-state index is 0.216. The Morgan fingerprint density at radius 1 is 1.31 bits per heavy atom. The zero-order chi connectivity index (χ0) is 11.8. The van der Waals surface area contributed by atoms with Crippen molar-refractivity contribution < 1.29 is 4.79 Å². The van der Waals surface area contributed by atoms with Crippen LogP contribution in [-0.2, 0) is 4.79 Å². The van der Waals surface area contributed by atoms with Gasteiger partial charge in [0, 0.05) is 18.8 Å². The molecule has 0 spiro atoms. The molecule has 1 amide bonds. The third-order valence-corrected chi connectivity index (χ3v) is 3.98. The summed E-state index contributed by atoms with van der Waals surface area (Å²) in [4.78, 5) is 11.5. The Hall–Kier alpha value is -0.240. The van der Waals surface area contributed by atoms with Gasteiger partial charge in [0.05, 0.1) is 0 Å². The van der Waals surface area contributed by atoms with Gasteiger partial charge in [0.25, 0.3) is 0 Å². The highest BCUT2D eigenvalue weighted by molar-refractivity contribution is 6.18. The quantitative estimate of drug-likeness (QED) is 0.541. The molecule has 1 rings (SSSR count). The number of carbonyl (C=O) groups is 1. The number of hydrogen-bond acceptors (Lipinski definition) is 1. The largest absolute Gasteiger partial charge is 0.356 e. The summed E-state index contributed by atoms with van der Waals surface area (Å²) in [5.74, 6) is 2.20. The van der Waals surface area contributed by atoms with Crippen LogP contribution in [0.2, 0.25) is 0 Å². The molecule has 1 fully saturated rings. The van der Waals surface area contributed by atoms with Gasteiger partial charge >= 0.3 is 0 Å². The van der Waals surface area contributed by atoms with Crippen molar-refractivity contribution in [2.45, 2.75) is 51.9 Å². The van der Waals surface area contributed by atoms with Crippen molar-refractivity contribution in [2.24, 2.45) is 11.8 Å². The Balaban J connectivity index is 2.11. The minimum absolute atomic E-state index is 0.216. The normalized spacial score (nSPS) is 24.6. The molecule has 0 aromatic rings. The van der Waals surface area contributed by atoms with Crippen molar-refractivity contribution in [2.75, 3.05) is 12.4 Å². The molecule has 0 aromatic heterocycles. The summed E-state index contributed by atoms with van der Waals surface area (Å²) < 4.78 is 0. The molecule has 1 aliphatic carbocycles. The van der Waals surface area contributed by atoms with Crippen molar-refractivity contribution in [1.29, 1.82) is 0 Å². The average molecular weight is 246 g/mol. The third kappa shape index (κ3) is 4.73. The molecule has 1 aliphatic rings. The fraction of sp³-hybridized carbons (Fsp3) is 0.923. The SMILES string of the molecule is CCCCCC(=O)NCC1CCCC1CCl. The molecular formula is C13H24ClNO. The molecule has 0 aromatic carbocycles. The van der Waals surface area contributed by atoms with E-state index >= 15 is 0 Å². The summed E-state index contributed by atoms with van der Waals surface area (Å²) in [5, 5.41) is 3.05. The number of unbranched alkanes of at least 4 members (excludes halogenated alkanes) is 2. The topological polar surface area (TPSA) is 29.1 Å². The molecule has 0 aliphatic heterocycles. The summed E-state index contributed by atoms with van der Waals surface area (Å²) in [6.45, 7) is 2.99. The van der Waals surface area contributed by atoms with Gasteiger partial charge in [-0.05, 0) is 31.1 Å². The Morgan fingerprint density at radius 3 is 2.75 bits per heavy atom. The minimum Gasteiger partial charge on any atom is -0.356 e. The van der Waals surface area contributed by atoms with E-state index in [0.717, 1.165) is 25.3 Å². The Kier molecular flexibility index (Phi) is 6.86. The first-order chi connectivity index (χ1) is 7.77. The van der Waals surface area contributed by atoms with Crippen LogP contribution in [0.25, 0.3) is 0 Å². The number of carbonyl (C=O) groups excluding carboxylic acids is 1. The fourth-order valence-corrected chi connectivity index (χ4v) is 2.86. The molecule has 1 N–H and O–H groups in total. The van der Waals surface area contributed by atoms with Crippen LogP contribution in [0.4, 0.5) is 0 Å². The first kappa shape index (κ1) is 13.8. The van der Waals surface area contributed by atoms with Gasteiger partial charge in [0.15, 0.2) is 0 Å². The van der Waals surface area contributed by atoms with Gasteiger partial charge in [-0.25, -0.2) is 0 Å². The van der Waals surface area contributed by atoms with Crippen LogP contribution in [0.1, 0.15) is 51.9 Å². The van der Waals surface area contributed by atoms with Gasteiger partial charge in [0.1, 0.15) is 0 Å². The van der Waals surface area contributed by atoms with E-state index in [4.69, 9.17) is 11.6 Å². The van der Waals surface area contributed by atoms with E-state index in [1.807, 2.05) is 0 Å². The smallest absolute Gasteiger partial charge is 0.220 e. The summed E-state index contributed by atoms with van der Waals surface area (Å²) in [6, 6.07) is 0. The predicted octanol–water partition coefficient (Wildman–Crippen LogP) is 3.34. The molecule has 3 heteroatoms. The standard InChI is InChI=1S/C13H24ClNO/c1-2-3-4-8-13(16)15-10-12-7-5-6-11(12)9-14/h11-12H,2-10H2,1H3,(H,15,16). The number of nitrogens with one attached hydrogen (secondary N) is 1. The van der Waals surface area contributed by atoms with Crippen LogP contribution < -0.4 is 5.32 Å². The first-order valence-electron chi connectivity index (χ1n) is 6.60. The van der Waals surface area contributed by atoms with Crippen LogP contribution >= 0.6 is 11.6 Å². The van der Waals surface area contributed by atoms with E-state index in [0.29, 0.717) is 18.3 Å². The Morgan fingerprint density at radius 2 is 2.06 bits per heavy atom. The summed E-state index contributed by atoms with van der Waals surface area (Å²) in [7, 11) is 0. The summed E-state index contributed by atoms with van der Waals surface area (Å²) in [6.07, 6.45) is 7.77. The van der Waals surface area contributed by atoms with Crippen LogP contribution in [0, 0.1) is 11.8 Å². The van der Waals surface area contributed by atoms with E-state index in [2.05, 4.69) is 12.2 Å². The van der Waals surface area contributed by atoms with Gasteiger partial charge in [-0.2, -0.15) is 0 Å². The third-order valence-electron chi connectivity index (χ3n) is 3.58. The van der Waals surface area contributed by atoms with E-state index in [1.165, 1.54) is 25.7 Å². The lowest BCUT2D eigenvalue weighted by molar-refractivity contribution is -0.121. The van der Waals surface area contributed by atoms with Gasteiger partial charge in [0.2, 0.25) is 5.91 Å². The zero-order valence-corrected chi connectivity index (χ0v) is 11.1. The molecule has 16 heavy (non-hydrogen) atoms. The van der Waals surface area contributed by atoms with Gasteiger partial charge in [-0.15, -0.1) is 11.6 Å². The van der Waals surface area contributed by atoms with Crippen molar-refractivity contribution in [3.8, 4) is 0 Å². The van der Waals surface area contributed by atoms with E-state index in [9.17, 15) is 4.79 Å². The highest BCUT2D eigenvalue weighted by atomic mass is 35.5. The van der Waals surface area contributed by atoms with Crippen LogP contribution in [0.5, 0.6) is 0 Å². The Bertz CT molecular complexity index is 208. The molecule has 2 nitrogen and oxygen atoms in total. The maximum atomic E-state index is 11.5. The fourth-order valence-electron chi connectivity index (χ4n) is 2.45. The highest BCUT2D eigenvalue weighted by Crippen LogP contribution is 2.31. The predicted molar refractivity (Wildman–Crippen MR) is 68.7 cm³/mol. The number of hydrogen-bond donors (Lipinski definition) is 1. The number of alkyl halides is 1. The van der Waals surface area contributed by atoms with E-state index in [1.54, 1.807) is 0 Å². The lowest BCUT2D eigenvalue weighted by Gasteiger charge is -2.17. The molecule has 1 saturated carbocycles. The molecule has 94 valence electrons.